The maximum atomic E-state index is 12.8. The Labute approximate surface area is 163 Å². The second-order valence-corrected chi connectivity index (χ2v) is 9.89. The summed E-state index contributed by atoms with van der Waals surface area (Å²) in [6, 6.07) is 10.00. The number of sulfonamides is 1. The fourth-order valence-corrected chi connectivity index (χ4v) is 5.40. The molecule has 3 rings (SSSR count). The molecule has 1 unspecified atom stereocenters. The predicted molar refractivity (Wildman–Crippen MR) is 107 cm³/mol. The Morgan fingerprint density at radius 2 is 1.78 bits per heavy atom. The summed E-state index contributed by atoms with van der Waals surface area (Å²) >= 11 is 0. The first-order chi connectivity index (χ1) is 12.8. The van der Waals surface area contributed by atoms with E-state index in [9.17, 15) is 13.2 Å². The molecule has 27 heavy (non-hydrogen) atoms. The van der Waals surface area contributed by atoms with Gasteiger partial charge in [0.1, 0.15) is 6.04 Å². The quantitative estimate of drug-likeness (QED) is 0.739. The third-order valence-corrected chi connectivity index (χ3v) is 7.07. The van der Waals surface area contributed by atoms with Crippen LogP contribution < -0.4 is 0 Å². The van der Waals surface area contributed by atoms with E-state index < -0.39 is 16.1 Å². The van der Waals surface area contributed by atoms with Gasteiger partial charge in [0.05, 0.1) is 6.26 Å². The lowest BCUT2D eigenvalue weighted by Crippen LogP contribution is -2.48. The van der Waals surface area contributed by atoms with E-state index in [1.54, 1.807) is 4.90 Å². The third-order valence-electron chi connectivity index (χ3n) is 5.78. The van der Waals surface area contributed by atoms with E-state index in [1.165, 1.54) is 16.1 Å². The first kappa shape index (κ1) is 20.3. The van der Waals surface area contributed by atoms with Gasteiger partial charge in [-0.2, -0.15) is 4.31 Å². The number of nitrogens with zero attached hydrogens (tertiary/aromatic N) is 3. The molecule has 2 fully saturated rings. The van der Waals surface area contributed by atoms with Crippen LogP contribution in [0, 0.1) is 5.92 Å². The largest absolute Gasteiger partial charge is 0.344 e. The highest BCUT2D eigenvalue weighted by atomic mass is 32.2. The maximum absolute atomic E-state index is 12.8. The Hall–Kier alpha value is -1.44. The molecular formula is C20H31N3O3S. The Balaban J connectivity index is 1.47. The SMILES string of the molecule is CN(CC1CCN(Cc2ccccc2)CC1)C(=O)C1CCCN1S(C)(=O)=O. The van der Waals surface area contributed by atoms with Crippen molar-refractivity contribution >= 4 is 15.9 Å². The van der Waals surface area contributed by atoms with Crippen LogP contribution in [-0.4, -0.2) is 74.0 Å². The molecule has 0 bridgehead atoms. The van der Waals surface area contributed by atoms with Crippen LogP contribution in [0.2, 0.25) is 0 Å². The van der Waals surface area contributed by atoms with Crippen LogP contribution in [0.3, 0.4) is 0 Å². The molecule has 0 saturated carbocycles. The van der Waals surface area contributed by atoms with Crippen molar-refractivity contribution in [2.45, 2.75) is 38.3 Å². The summed E-state index contributed by atoms with van der Waals surface area (Å²) in [6.45, 7) is 4.24. The normalized spacial score (nSPS) is 22.8. The number of benzene rings is 1. The summed E-state index contributed by atoms with van der Waals surface area (Å²) in [5.74, 6) is 0.434. The number of hydrogen-bond acceptors (Lipinski definition) is 4. The molecular weight excluding hydrogens is 362 g/mol. The Morgan fingerprint density at radius 1 is 1.11 bits per heavy atom. The lowest BCUT2D eigenvalue weighted by atomic mass is 9.95. The molecule has 1 aromatic carbocycles. The highest BCUT2D eigenvalue weighted by Gasteiger charge is 2.38. The number of carbonyl (C=O) groups is 1. The van der Waals surface area contributed by atoms with Gasteiger partial charge in [-0.3, -0.25) is 9.69 Å². The standard InChI is InChI=1S/C20H31N3O3S/c1-21(20(24)19-9-6-12-23(19)27(2,25)26)15-18-10-13-22(14-11-18)16-17-7-4-3-5-8-17/h3-5,7-8,18-19H,6,9-16H2,1-2H3. The molecule has 0 spiro atoms. The van der Waals surface area contributed by atoms with Gasteiger partial charge >= 0.3 is 0 Å². The number of hydrogen-bond donors (Lipinski definition) is 0. The van der Waals surface area contributed by atoms with E-state index in [0.29, 0.717) is 25.4 Å². The molecule has 0 N–H and O–H groups in total. The minimum Gasteiger partial charge on any atom is -0.344 e. The fraction of sp³-hybridized carbons (Fsp3) is 0.650. The molecule has 150 valence electrons. The van der Waals surface area contributed by atoms with E-state index in [2.05, 4.69) is 29.2 Å². The molecule has 2 aliphatic heterocycles. The molecule has 2 heterocycles. The Bertz CT molecular complexity index is 730. The van der Waals surface area contributed by atoms with Crippen molar-refractivity contribution in [3.8, 4) is 0 Å². The lowest BCUT2D eigenvalue weighted by Gasteiger charge is -2.35. The highest BCUT2D eigenvalue weighted by molar-refractivity contribution is 7.88. The maximum Gasteiger partial charge on any atom is 0.240 e. The molecule has 1 atom stereocenters. The van der Waals surface area contributed by atoms with E-state index in [-0.39, 0.29) is 5.91 Å². The van der Waals surface area contributed by atoms with Gasteiger partial charge in [-0.05, 0) is 50.3 Å². The van der Waals surface area contributed by atoms with Crippen molar-refractivity contribution in [2.75, 3.05) is 39.5 Å². The summed E-state index contributed by atoms with van der Waals surface area (Å²) < 4.78 is 25.2. The topological polar surface area (TPSA) is 60.9 Å². The molecule has 2 saturated heterocycles. The second kappa shape index (κ2) is 8.71. The van der Waals surface area contributed by atoms with Gasteiger partial charge < -0.3 is 4.90 Å². The van der Waals surface area contributed by atoms with Crippen LogP contribution in [0.1, 0.15) is 31.2 Å². The van der Waals surface area contributed by atoms with E-state index >= 15 is 0 Å². The van der Waals surface area contributed by atoms with Crippen LogP contribution in [0.25, 0.3) is 0 Å². The third kappa shape index (κ3) is 5.30. The van der Waals surface area contributed by atoms with Gasteiger partial charge in [-0.1, -0.05) is 30.3 Å². The number of carbonyl (C=O) groups excluding carboxylic acids is 1. The van der Waals surface area contributed by atoms with Gasteiger partial charge in [0.25, 0.3) is 0 Å². The summed E-state index contributed by atoms with van der Waals surface area (Å²) in [7, 11) is -1.50. The van der Waals surface area contributed by atoms with Crippen LogP contribution in [0.5, 0.6) is 0 Å². The number of rotatable bonds is 6. The number of likely N-dealkylation sites (N-methyl/N-ethyl adjacent to an activating group) is 1. The predicted octanol–water partition coefficient (Wildman–Crippen LogP) is 1.78. The average Bonchev–Trinajstić information content (AvgIpc) is 3.14. The van der Waals surface area contributed by atoms with Gasteiger partial charge in [0.15, 0.2) is 0 Å². The van der Waals surface area contributed by atoms with Crippen molar-refractivity contribution in [1.29, 1.82) is 0 Å². The Kier molecular flexibility index (Phi) is 6.55. The molecule has 1 aromatic rings. The molecule has 7 heteroatoms. The van der Waals surface area contributed by atoms with Crippen molar-refractivity contribution in [3.05, 3.63) is 35.9 Å². The lowest BCUT2D eigenvalue weighted by molar-refractivity contribution is -0.134. The highest BCUT2D eigenvalue weighted by Crippen LogP contribution is 2.24. The second-order valence-electron chi connectivity index (χ2n) is 7.96. The fourth-order valence-electron chi connectivity index (χ4n) is 4.28. The van der Waals surface area contributed by atoms with Crippen LogP contribution in [0.4, 0.5) is 0 Å². The molecule has 1 amide bonds. The van der Waals surface area contributed by atoms with Gasteiger partial charge in [-0.15, -0.1) is 0 Å². The minimum atomic E-state index is -3.32. The van der Waals surface area contributed by atoms with Crippen molar-refractivity contribution in [2.24, 2.45) is 5.92 Å². The Morgan fingerprint density at radius 3 is 2.41 bits per heavy atom. The number of likely N-dealkylation sites (tertiary alicyclic amines) is 1. The smallest absolute Gasteiger partial charge is 0.240 e. The van der Waals surface area contributed by atoms with Crippen LogP contribution in [-0.2, 0) is 21.4 Å². The van der Waals surface area contributed by atoms with Gasteiger partial charge in [0.2, 0.25) is 15.9 Å². The summed E-state index contributed by atoms with van der Waals surface area (Å²) in [4.78, 5) is 17.0. The zero-order valence-electron chi connectivity index (χ0n) is 16.4. The molecule has 6 nitrogen and oxygen atoms in total. The molecule has 2 aliphatic rings. The van der Waals surface area contributed by atoms with E-state index in [1.807, 2.05) is 13.1 Å². The van der Waals surface area contributed by atoms with E-state index in [0.717, 1.165) is 38.9 Å². The molecule has 0 aromatic heterocycles. The van der Waals surface area contributed by atoms with Gasteiger partial charge in [-0.25, -0.2) is 8.42 Å². The monoisotopic (exact) mass is 393 g/mol. The van der Waals surface area contributed by atoms with Crippen molar-refractivity contribution < 1.29 is 13.2 Å². The average molecular weight is 394 g/mol. The van der Waals surface area contributed by atoms with Crippen molar-refractivity contribution in [1.82, 2.24) is 14.1 Å². The zero-order chi connectivity index (χ0) is 19.4. The summed E-state index contributed by atoms with van der Waals surface area (Å²) in [6.07, 6.45) is 4.73. The summed E-state index contributed by atoms with van der Waals surface area (Å²) in [5.41, 5.74) is 1.34. The number of piperidine rings is 1. The molecule has 0 radical (unpaired) electrons. The first-order valence-electron chi connectivity index (χ1n) is 9.82. The zero-order valence-corrected chi connectivity index (χ0v) is 17.2. The van der Waals surface area contributed by atoms with Crippen LogP contribution in [0.15, 0.2) is 30.3 Å². The summed E-state index contributed by atoms with van der Waals surface area (Å²) in [5, 5.41) is 0. The van der Waals surface area contributed by atoms with Crippen molar-refractivity contribution in [3.63, 3.8) is 0 Å². The number of amides is 1. The van der Waals surface area contributed by atoms with Gasteiger partial charge in [0, 0.05) is 26.7 Å². The first-order valence-corrected chi connectivity index (χ1v) is 11.7. The van der Waals surface area contributed by atoms with E-state index in [4.69, 9.17) is 0 Å². The molecule has 0 aliphatic carbocycles. The minimum absolute atomic E-state index is 0.0513. The van der Waals surface area contributed by atoms with Crippen LogP contribution >= 0.6 is 0 Å².